The standard InChI is InChI=1S/C28H32N6O4/c1-3-24(27-30-31-32-34(27)16-22-5-4-10-36-22)33(14-19-7-9-25-26(12-19)38-17-37-25)15-21-13-20-11-18(2)6-8-23(20)29-28(21)35/h6-9,11-13,22,24H,3-5,10,14-17H2,1-2H3,(H,29,35)/t22-,24-/m0/s1. The van der Waals surface area contributed by atoms with Crippen molar-refractivity contribution in [3.8, 4) is 11.5 Å². The molecule has 0 unspecified atom stereocenters. The van der Waals surface area contributed by atoms with Crippen molar-refractivity contribution in [1.82, 2.24) is 30.1 Å². The molecule has 2 atom stereocenters. The zero-order valence-electron chi connectivity index (χ0n) is 21.7. The number of fused-ring (bicyclic) bond motifs is 2. The Bertz CT molecular complexity index is 1490. The zero-order chi connectivity index (χ0) is 26.1. The molecule has 10 nitrogen and oxygen atoms in total. The van der Waals surface area contributed by atoms with E-state index in [4.69, 9.17) is 14.2 Å². The van der Waals surface area contributed by atoms with Crippen molar-refractivity contribution < 1.29 is 14.2 Å². The predicted octanol–water partition coefficient (Wildman–Crippen LogP) is 3.88. The highest BCUT2D eigenvalue weighted by atomic mass is 16.7. The first-order valence-electron chi connectivity index (χ1n) is 13.2. The fourth-order valence-corrected chi connectivity index (χ4v) is 5.42. The average molecular weight is 517 g/mol. The Labute approximate surface area is 220 Å². The van der Waals surface area contributed by atoms with Crippen molar-refractivity contribution in [3.63, 3.8) is 0 Å². The van der Waals surface area contributed by atoms with E-state index in [0.717, 1.165) is 65.2 Å². The Hall–Kier alpha value is -3.76. The van der Waals surface area contributed by atoms with Gasteiger partial charge >= 0.3 is 0 Å². The summed E-state index contributed by atoms with van der Waals surface area (Å²) in [4.78, 5) is 18.5. The average Bonchev–Trinajstić information content (AvgIpc) is 3.68. The maximum atomic E-state index is 13.2. The van der Waals surface area contributed by atoms with Crippen LogP contribution in [-0.2, 0) is 24.4 Å². The number of rotatable bonds is 9. The smallest absolute Gasteiger partial charge is 0.252 e. The molecule has 6 rings (SSSR count). The van der Waals surface area contributed by atoms with Gasteiger partial charge in [-0.05, 0) is 77.9 Å². The SMILES string of the molecule is CC[C@@H](c1nnnn1C[C@@H]1CCCO1)N(Cc1ccc2c(c1)OCO2)Cc1cc2cc(C)ccc2[nH]c1=O. The summed E-state index contributed by atoms with van der Waals surface area (Å²) >= 11 is 0. The number of hydrogen-bond acceptors (Lipinski definition) is 8. The number of aryl methyl sites for hydroxylation is 1. The first-order chi connectivity index (χ1) is 18.6. The van der Waals surface area contributed by atoms with E-state index in [-0.39, 0.29) is 24.5 Å². The number of tetrazole rings is 1. The molecule has 1 fully saturated rings. The second kappa shape index (κ2) is 10.5. The van der Waals surface area contributed by atoms with Gasteiger partial charge in [0.1, 0.15) is 0 Å². The molecule has 2 aromatic carbocycles. The van der Waals surface area contributed by atoms with Gasteiger partial charge in [0.15, 0.2) is 17.3 Å². The van der Waals surface area contributed by atoms with Crippen molar-refractivity contribution in [2.24, 2.45) is 0 Å². The summed E-state index contributed by atoms with van der Waals surface area (Å²) in [6, 6.07) is 13.9. The van der Waals surface area contributed by atoms with Crippen molar-refractivity contribution in [2.75, 3.05) is 13.4 Å². The third-order valence-corrected chi connectivity index (χ3v) is 7.36. The minimum Gasteiger partial charge on any atom is -0.454 e. The molecule has 0 bridgehead atoms. The third kappa shape index (κ3) is 5.01. The van der Waals surface area contributed by atoms with Crippen molar-refractivity contribution in [2.45, 2.75) is 64.9 Å². The number of ether oxygens (including phenoxy) is 3. The van der Waals surface area contributed by atoms with Crippen LogP contribution in [0.15, 0.2) is 47.3 Å². The fraction of sp³-hybridized carbons (Fsp3) is 0.429. The summed E-state index contributed by atoms with van der Waals surface area (Å²) in [5, 5.41) is 13.8. The predicted molar refractivity (Wildman–Crippen MR) is 141 cm³/mol. The Kier molecular flexibility index (Phi) is 6.82. The summed E-state index contributed by atoms with van der Waals surface area (Å²) < 4.78 is 18.8. The molecule has 2 aliphatic rings. The number of benzene rings is 2. The van der Waals surface area contributed by atoms with Crippen LogP contribution in [-0.4, -0.2) is 49.6 Å². The van der Waals surface area contributed by atoms with E-state index in [2.05, 4.69) is 45.3 Å². The minimum atomic E-state index is -0.121. The molecule has 0 spiro atoms. The van der Waals surface area contributed by atoms with Crippen LogP contribution >= 0.6 is 0 Å². The van der Waals surface area contributed by atoms with Gasteiger partial charge in [0.2, 0.25) is 6.79 Å². The summed E-state index contributed by atoms with van der Waals surface area (Å²) in [5.41, 5.74) is 3.64. The molecule has 10 heteroatoms. The Balaban J connectivity index is 1.36. The lowest BCUT2D eigenvalue weighted by molar-refractivity contribution is 0.0888. The first kappa shape index (κ1) is 24.6. The quantitative estimate of drug-likeness (QED) is 0.357. The van der Waals surface area contributed by atoms with E-state index in [0.29, 0.717) is 25.2 Å². The molecule has 2 aliphatic heterocycles. The third-order valence-electron chi connectivity index (χ3n) is 7.36. The largest absolute Gasteiger partial charge is 0.454 e. The lowest BCUT2D eigenvalue weighted by Gasteiger charge is -2.30. The van der Waals surface area contributed by atoms with Crippen molar-refractivity contribution in [3.05, 3.63) is 75.3 Å². The molecule has 0 amide bonds. The molecule has 0 aliphatic carbocycles. The number of H-pyrrole nitrogens is 1. The lowest BCUT2D eigenvalue weighted by Crippen LogP contribution is -2.33. The molecule has 2 aromatic heterocycles. The van der Waals surface area contributed by atoms with Crippen LogP contribution in [0.3, 0.4) is 0 Å². The second-order valence-electron chi connectivity index (χ2n) is 10.1. The van der Waals surface area contributed by atoms with Crippen LogP contribution in [0, 0.1) is 6.92 Å². The van der Waals surface area contributed by atoms with Crippen molar-refractivity contribution in [1.29, 1.82) is 0 Å². The molecule has 0 radical (unpaired) electrons. The van der Waals surface area contributed by atoms with Gasteiger partial charge in [-0.3, -0.25) is 9.69 Å². The summed E-state index contributed by atoms with van der Waals surface area (Å²) in [6.07, 6.45) is 2.94. The molecular formula is C28H32N6O4. The molecule has 0 saturated carbocycles. The fourth-order valence-electron chi connectivity index (χ4n) is 5.42. The van der Waals surface area contributed by atoms with Gasteiger partial charge in [0.25, 0.3) is 5.56 Å². The molecule has 4 aromatic rings. The van der Waals surface area contributed by atoms with Crippen LogP contribution < -0.4 is 15.0 Å². The van der Waals surface area contributed by atoms with E-state index >= 15 is 0 Å². The van der Waals surface area contributed by atoms with Gasteiger partial charge in [-0.15, -0.1) is 5.10 Å². The molecule has 1 saturated heterocycles. The van der Waals surface area contributed by atoms with E-state index in [9.17, 15) is 4.79 Å². The second-order valence-corrected chi connectivity index (χ2v) is 10.1. The number of pyridine rings is 1. The van der Waals surface area contributed by atoms with Gasteiger partial charge in [0.05, 0.1) is 18.7 Å². The topological polar surface area (TPSA) is 107 Å². The molecule has 4 heterocycles. The summed E-state index contributed by atoms with van der Waals surface area (Å²) in [5.74, 6) is 2.25. The number of aromatic nitrogens is 5. The molecule has 38 heavy (non-hydrogen) atoms. The molecule has 1 N–H and O–H groups in total. The maximum Gasteiger partial charge on any atom is 0.252 e. The van der Waals surface area contributed by atoms with Crippen LogP contribution in [0.1, 0.15) is 54.7 Å². The number of aromatic amines is 1. The van der Waals surface area contributed by atoms with Crippen LogP contribution in [0.2, 0.25) is 0 Å². The zero-order valence-corrected chi connectivity index (χ0v) is 21.7. The van der Waals surface area contributed by atoms with Gasteiger partial charge in [-0.25, -0.2) is 4.68 Å². The lowest BCUT2D eigenvalue weighted by atomic mass is 10.1. The van der Waals surface area contributed by atoms with Gasteiger partial charge in [-0.2, -0.15) is 0 Å². The summed E-state index contributed by atoms with van der Waals surface area (Å²) in [7, 11) is 0. The first-order valence-corrected chi connectivity index (χ1v) is 13.2. The highest BCUT2D eigenvalue weighted by Crippen LogP contribution is 2.34. The monoisotopic (exact) mass is 516 g/mol. The van der Waals surface area contributed by atoms with E-state index < -0.39 is 0 Å². The molecule has 198 valence electrons. The van der Waals surface area contributed by atoms with E-state index in [1.807, 2.05) is 41.1 Å². The minimum absolute atomic E-state index is 0.0918. The van der Waals surface area contributed by atoms with E-state index in [1.165, 1.54) is 0 Å². The highest BCUT2D eigenvalue weighted by Gasteiger charge is 2.28. The molecular weight excluding hydrogens is 484 g/mol. The van der Waals surface area contributed by atoms with Gasteiger partial charge in [-0.1, -0.05) is 24.6 Å². The maximum absolute atomic E-state index is 13.2. The van der Waals surface area contributed by atoms with Crippen LogP contribution in [0.4, 0.5) is 0 Å². The highest BCUT2D eigenvalue weighted by molar-refractivity contribution is 5.79. The number of nitrogens with zero attached hydrogens (tertiary/aromatic N) is 5. The Morgan fingerprint density at radius 2 is 2.03 bits per heavy atom. The summed E-state index contributed by atoms with van der Waals surface area (Å²) in [6.45, 7) is 6.80. The Morgan fingerprint density at radius 1 is 1.13 bits per heavy atom. The number of nitrogens with one attached hydrogen (secondary N) is 1. The van der Waals surface area contributed by atoms with Gasteiger partial charge < -0.3 is 19.2 Å². The van der Waals surface area contributed by atoms with E-state index in [1.54, 1.807) is 0 Å². The van der Waals surface area contributed by atoms with Crippen LogP contribution in [0.25, 0.3) is 10.9 Å². The number of hydrogen-bond donors (Lipinski definition) is 1. The van der Waals surface area contributed by atoms with Gasteiger partial charge in [0, 0.05) is 30.8 Å². The Morgan fingerprint density at radius 3 is 2.87 bits per heavy atom. The normalized spacial score (nSPS) is 17.5. The van der Waals surface area contributed by atoms with Crippen molar-refractivity contribution >= 4 is 10.9 Å². The van der Waals surface area contributed by atoms with Crippen LogP contribution in [0.5, 0.6) is 11.5 Å².